The Morgan fingerprint density at radius 3 is 1.28 bits per heavy atom. The van der Waals surface area contributed by atoms with Crippen LogP contribution in [0.5, 0.6) is 0 Å². The van der Waals surface area contributed by atoms with Crippen molar-refractivity contribution in [1.29, 1.82) is 0 Å². The van der Waals surface area contributed by atoms with E-state index in [1.165, 1.54) is 43.1 Å². The van der Waals surface area contributed by atoms with E-state index in [0.717, 1.165) is 43.9 Å². The maximum absolute atomic E-state index is 4.92. The van der Waals surface area contributed by atoms with E-state index in [2.05, 4.69) is 94.9 Å². The van der Waals surface area contributed by atoms with E-state index in [-0.39, 0.29) is 0 Å². The van der Waals surface area contributed by atoms with Gasteiger partial charge in [-0.15, -0.1) is 0 Å². The molecule has 4 aromatic heterocycles. The van der Waals surface area contributed by atoms with Gasteiger partial charge in [-0.2, -0.15) is 0 Å². The van der Waals surface area contributed by atoms with Crippen LogP contribution in [0.3, 0.4) is 0 Å². The Labute approximate surface area is 204 Å². The Bertz CT molecular complexity index is 2200. The lowest BCUT2D eigenvalue weighted by atomic mass is 10.0. The molecule has 4 heterocycles. The summed E-state index contributed by atoms with van der Waals surface area (Å²) in [4.78, 5) is 17.0. The lowest BCUT2D eigenvalue weighted by Gasteiger charge is -2.06. The van der Waals surface area contributed by atoms with Gasteiger partial charge in [-0.05, 0) is 45.8 Å². The molecule has 0 bridgehead atoms. The van der Waals surface area contributed by atoms with Crippen molar-refractivity contribution >= 4 is 87.0 Å². The van der Waals surface area contributed by atoms with Gasteiger partial charge in [0, 0.05) is 43.4 Å². The van der Waals surface area contributed by atoms with Crippen molar-refractivity contribution in [2.45, 2.75) is 0 Å². The van der Waals surface area contributed by atoms with E-state index in [1.54, 1.807) is 0 Å². The number of hydrogen-bond donors (Lipinski definition) is 2. The number of H-pyrrole nitrogens is 2. The molecule has 4 heteroatoms. The van der Waals surface area contributed by atoms with E-state index >= 15 is 0 Å². The number of aromatic nitrogens is 4. The van der Waals surface area contributed by atoms with Gasteiger partial charge in [0.15, 0.2) is 0 Å². The first kappa shape index (κ1) is 18.4. The normalized spacial score (nSPS) is 12.4. The summed E-state index contributed by atoms with van der Waals surface area (Å²) >= 11 is 0. The standard InChI is InChI=1S/C32H18N4/c1-3-7-19-13-25-23(11-17(19)5-1)29-21-9-10-22-30-24-12-18-6-2-4-8-20(18)14-26(24)36-28(30)16-34-32(22)31(21)33-15-27(29)35-25/h1-16,35-36H. The highest BCUT2D eigenvalue weighted by atomic mass is 14.8. The quantitative estimate of drug-likeness (QED) is 0.224. The van der Waals surface area contributed by atoms with Crippen LogP contribution in [-0.4, -0.2) is 19.9 Å². The zero-order chi connectivity index (χ0) is 23.4. The van der Waals surface area contributed by atoms with Crippen molar-refractivity contribution in [2.24, 2.45) is 0 Å². The van der Waals surface area contributed by atoms with Crippen LogP contribution in [0.15, 0.2) is 97.3 Å². The minimum Gasteiger partial charge on any atom is -0.353 e. The largest absolute Gasteiger partial charge is 0.353 e. The van der Waals surface area contributed by atoms with E-state index in [4.69, 9.17) is 9.97 Å². The van der Waals surface area contributed by atoms with Crippen molar-refractivity contribution in [1.82, 2.24) is 19.9 Å². The number of nitrogens with one attached hydrogen (secondary N) is 2. The fraction of sp³-hybridized carbons (Fsp3) is 0. The summed E-state index contributed by atoms with van der Waals surface area (Å²) in [5.74, 6) is 0. The van der Waals surface area contributed by atoms with Crippen molar-refractivity contribution in [3.8, 4) is 0 Å². The van der Waals surface area contributed by atoms with Gasteiger partial charge in [-0.25, -0.2) is 0 Å². The fourth-order valence-corrected chi connectivity index (χ4v) is 6.08. The van der Waals surface area contributed by atoms with Crippen molar-refractivity contribution < 1.29 is 0 Å². The molecule has 4 nitrogen and oxygen atoms in total. The monoisotopic (exact) mass is 458 g/mol. The third-order valence-corrected chi connectivity index (χ3v) is 7.72. The molecule has 9 aromatic rings. The number of nitrogens with zero attached hydrogens (tertiary/aromatic N) is 2. The maximum Gasteiger partial charge on any atom is 0.0972 e. The van der Waals surface area contributed by atoms with Gasteiger partial charge in [0.1, 0.15) is 0 Å². The zero-order valence-corrected chi connectivity index (χ0v) is 19.1. The Hall–Kier alpha value is -4.96. The number of aromatic amines is 2. The molecule has 0 aliphatic carbocycles. The predicted octanol–water partition coefficient (Wildman–Crippen LogP) is 8.36. The SMILES string of the molecule is c1ccc2cc3c(cc2c1)[nH]c1cnc2c(ccc4c2ncc2[nH]c5cc6ccccc6cc5c24)c13. The first-order valence-corrected chi connectivity index (χ1v) is 12.2. The van der Waals surface area contributed by atoms with Crippen LogP contribution in [0.1, 0.15) is 0 Å². The highest BCUT2D eigenvalue weighted by Crippen LogP contribution is 2.39. The van der Waals surface area contributed by atoms with Crippen LogP contribution in [0.2, 0.25) is 0 Å². The Morgan fingerprint density at radius 1 is 0.417 bits per heavy atom. The molecule has 0 spiro atoms. The van der Waals surface area contributed by atoms with E-state index in [1.807, 2.05) is 12.4 Å². The highest BCUT2D eigenvalue weighted by molar-refractivity contribution is 6.28. The molecule has 9 rings (SSSR count). The van der Waals surface area contributed by atoms with Gasteiger partial charge in [-0.3, -0.25) is 9.97 Å². The Morgan fingerprint density at radius 2 is 0.833 bits per heavy atom. The Balaban J connectivity index is 1.43. The summed E-state index contributed by atoms with van der Waals surface area (Å²) in [5, 5.41) is 12.0. The summed E-state index contributed by atoms with van der Waals surface area (Å²) < 4.78 is 0. The second kappa shape index (κ2) is 6.37. The molecule has 0 amide bonds. The number of pyridine rings is 2. The first-order chi connectivity index (χ1) is 17.8. The van der Waals surface area contributed by atoms with Gasteiger partial charge in [0.2, 0.25) is 0 Å². The van der Waals surface area contributed by atoms with Gasteiger partial charge in [0.05, 0.1) is 34.5 Å². The van der Waals surface area contributed by atoms with Gasteiger partial charge in [0.25, 0.3) is 0 Å². The fourth-order valence-electron chi connectivity index (χ4n) is 6.08. The second-order valence-corrected chi connectivity index (χ2v) is 9.69. The minimum absolute atomic E-state index is 0.936. The zero-order valence-electron chi connectivity index (χ0n) is 19.1. The average Bonchev–Trinajstić information content (AvgIpc) is 3.47. The summed E-state index contributed by atoms with van der Waals surface area (Å²) in [6.07, 6.45) is 3.91. The van der Waals surface area contributed by atoms with Crippen LogP contribution < -0.4 is 0 Å². The molecule has 0 radical (unpaired) electrons. The van der Waals surface area contributed by atoms with Gasteiger partial charge < -0.3 is 9.97 Å². The molecule has 0 fully saturated rings. The maximum atomic E-state index is 4.92. The molecule has 0 aliphatic rings. The number of hydrogen-bond acceptors (Lipinski definition) is 2. The molecule has 166 valence electrons. The number of benzene rings is 5. The van der Waals surface area contributed by atoms with Gasteiger partial charge in [-0.1, -0.05) is 60.7 Å². The summed E-state index contributed by atoms with van der Waals surface area (Å²) in [6.45, 7) is 0. The van der Waals surface area contributed by atoms with E-state index in [0.29, 0.717) is 0 Å². The third kappa shape index (κ3) is 2.28. The van der Waals surface area contributed by atoms with Crippen molar-refractivity contribution in [3.63, 3.8) is 0 Å². The molecule has 0 saturated heterocycles. The van der Waals surface area contributed by atoms with Crippen LogP contribution in [0.25, 0.3) is 87.0 Å². The van der Waals surface area contributed by atoms with Crippen LogP contribution >= 0.6 is 0 Å². The van der Waals surface area contributed by atoms with Crippen LogP contribution in [0, 0.1) is 0 Å². The number of fused-ring (bicyclic) bond motifs is 13. The van der Waals surface area contributed by atoms with Gasteiger partial charge >= 0.3 is 0 Å². The van der Waals surface area contributed by atoms with Crippen molar-refractivity contribution in [3.05, 3.63) is 97.3 Å². The predicted molar refractivity (Wildman–Crippen MR) is 151 cm³/mol. The average molecular weight is 459 g/mol. The van der Waals surface area contributed by atoms with Crippen molar-refractivity contribution in [2.75, 3.05) is 0 Å². The molecular formula is C32H18N4. The Kier molecular flexibility index (Phi) is 3.25. The molecule has 2 N–H and O–H groups in total. The molecule has 36 heavy (non-hydrogen) atoms. The first-order valence-electron chi connectivity index (χ1n) is 12.2. The molecule has 0 saturated carbocycles. The third-order valence-electron chi connectivity index (χ3n) is 7.72. The van der Waals surface area contributed by atoms with Crippen LogP contribution in [0.4, 0.5) is 0 Å². The molecule has 0 aliphatic heterocycles. The lowest BCUT2D eigenvalue weighted by molar-refractivity contribution is 1.38. The molecule has 5 aromatic carbocycles. The highest BCUT2D eigenvalue weighted by Gasteiger charge is 2.16. The molecular weight excluding hydrogens is 440 g/mol. The lowest BCUT2D eigenvalue weighted by Crippen LogP contribution is -1.87. The number of rotatable bonds is 0. The molecule has 0 unspecified atom stereocenters. The summed E-state index contributed by atoms with van der Waals surface area (Å²) in [5.41, 5.74) is 6.23. The second-order valence-electron chi connectivity index (χ2n) is 9.69. The van der Waals surface area contributed by atoms with E-state index in [9.17, 15) is 0 Å². The van der Waals surface area contributed by atoms with Crippen LogP contribution in [-0.2, 0) is 0 Å². The summed E-state index contributed by atoms with van der Waals surface area (Å²) in [6, 6.07) is 30.5. The summed E-state index contributed by atoms with van der Waals surface area (Å²) in [7, 11) is 0. The topological polar surface area (TPSA) is 57.4 Å². The van der Waals surface area contributed by atoms with E-state index < -0.39 is 0 Å². The smallest absolute Gasteiger partial charge is 0.0972 e. The minimum atomic E-state index is 0.936. The molecule has 0 atom stereocenters.